The lowest BCUT2D eigenvalue weighted by molar-refractivity contribution is 0.234. The van der Waals surface area contributed by atoms with Crippen molar-refractivity contribution in [2.75, 3.05) is 19.6 Å². The van der Waals surface area contributed by atoms with Crippen LogP contribution in [0.5, 0.6) is 0 Å². The van der Waals surface area contributed by atoms with Crippen LogP contribution in [0.1, 0.15) is 25.7 Å². The highest BCUT2D eigenvalue weighted by molar-refractivity contribution is 9.11. The number of nitrogens with zero attached hydrogens (tertiary/aromatic N) is 1. The summed E-state index contributed by atoms with van der Waals surface area (Å²) in [6.45, 7) is 2.42. The quantitative estimate of drug-likeness (QED) is 0.879. The normalized spacial score (nSPS) is 26.1. The zero-order chi connectivity index (χ0) is 14.2. The van der Waals surface area contributed by atoms with Gasteiger partial charge in [-0.05, 0) is 66.2 Å². The molecule has 0 saturated carbocycles. The smallest absolute Gasteiger partial charge is 0.252 e. The summed E-state index contributed by atoms with van der Waals surface area (Å²) < 4.78 is 28.0. The third kappa shape index (κ3) is 2.97. The Kier molecular flexibility index (Phi) is 4.52. The van der Waals surface area contributed by atoms with Gasteiger partial charge in [-0.25, -0.2) is 8.42 Å². The Labute approximate surface area is 132 Å². The van der Waals surface area contributed by atoms with E-state index in [1.54, 1.807) is 16.4 Å². The fraction of sp³-hybridized carbons (Fsp3) is 0.692. The van der Waals surface area contributed by atoms with Crippen molar-refractivity contribution < 1.29 is 8.42 Å². The molecule has 20 heavy (non-hydrogen) atoms. The Morgan fingerprint density at radius 3 is 2.55 bits per heavy atom. The molecule has 0 radical (unpaired) electrons. The summed E-state index contributed by atoms with van der Waals surface area (Å²) in [7, 11) is -3.29. The van der Waals surface area contributed by atoms with Crippen molar-refractivity contribution in [3.63, 3.8) is 0 Å². The second-order valence-corrected chi connectivity index (χ2v) is 10.1. The van der Waals surface area contributed by atoms with E-state index in [1.807, 2.05) is 0 Å². The second kappa shape index (κ2) is 6.04. The minimum Gasteiger partial charge on any atom is -0.314 e. The number of rotatable bonds is 3. The molecule has 4 nitrogen and oxygen atoms in total. The molecule has 1 atom stereocenters. The lowest BCUT2D eigenvalue weighted by Gasteiger charge is -2.33. The zero-order valence-corrected chi connectivity index (χ0v) is 14.4. The molecule has 112 valence electrons. The number of piperidine rings is 1. The van der Waals surface area contributed by atoms with Gasteiger partial charge in [0.05, 0.1) is 3.79 Å². The highest BCUT2D eigenvalue weighted by Crippen LogP contribution is 2.32. The predicted octanol–water partition coefficient (Wildman–Crippen LogP) is 2.66. The first kappa shape index (κ1) is 15.0. The molecular formula is C13H19BrN2O2S2. The molecule has 1 aromatic heterocycles. The van der Waals surface area contributed by atoms with Crippen molar-refractivity contribution in [3.05, 3.63) is 15.9 Å². The Morgan fingerprint density at radius 1 is 1.25 bits per heavy atom. The van der Waals surface area contributed by atoms with Gasteiger partial charge in [-0.2, -0.15) is 4.31 Å². The third-order valence-corrected chi connectivity index (χ3v) is 8.30. The van der Waals surface area contributed by atoms with Crippen molar-refractivity contribution in [2.45, 2.75) is 35.9 Å². The highest BCUT2D eigenvalue weighted by Gasteiger charge is 2.33. The maximum absolute atomic E-state index is 12.5. The number of halogens is 1. The number of thiophene rings is 1. The Morgan fingerprint density at radius 2 is 2.00 bits per heavy atom. The lowest BCUT2D eigenvalue weighted by Crippen LogP contribution is -2.43. The van der Waals surface area contributed by atoms with Crippen LogP contribution in [-0.2, 0) is 10.0 Å². The van der Waals surface area contributed by atoms with Crippen LogP contribution in [0, 0.1) is 5.92 Å². The van der Waals surface area contributed by atoms with E-state index in [-0.39, 0.29) is 0 Å². The van der Waals surface area contributed by atoms with Crippen LogP contribution in [0.3, 0.4) is 0 Å². The number of sulfonamides is 1. The summed E-state index contributed by atoms with van der Waals surface area (Å²) >= 11 is 4.62. The van der Waals surface area contributed by atoms with Crippen LogP contribution in [0.25, 0.3) is 0 Å². The monoisotopic (exact) mass is 378 g/mol. The van der Waals surface area contributed by atoms with Crippen LogP contribution in [0.2, 0.25) is 0 Å². The molecule has 0 amide bonds. The average molecular weight is 379 g/mol. The average Bonchev–Trinajstić information content (AvgIpc) is 3.10. The van der Waals surface area contributed by atoms with Crippen molar-refractivity contribution in [3.8, 4) is 0 Å². The van der Waals surface area contributed by atoms with Gasteiger partial charge in [0.25, 0.3) is 10.0 Å². The molecule has 3 rings (SSSR count). The summed E-state index contributed by atoms with van der Waals surface area (Å²) in [6.07, 6.45) is 4.45. The van der Waals surface area contributed by atoms with Gasteiger partial charge in [0, 0.05) is 19.1 Å². The molecule has 7 heteroatoms. The van der Waals surface area contributed by atoms with Crippen molar-refractivity contribution >= 4 is 37.3 Å². The van der Waals surface area contributed by atoms with Crippen molar-refractivity contribution in [2.24, 2.45) is 5.92 Å². The molecule has 0 bridgehead atoms. The van der Waals surface area contributed by atoms with E-state index in [2.05, 4.69) is 21.2 Å². The highest BCUT2D eigenvalue weighted by atomic mass is 79.9. The third-order valence-electron chi connectivity index (χ3n) is 4.31. The van der Waals surface area contributed by atoms with Gasteiger partial charge in [-0.3, -0.25) is 0 Å². The Hall–Kier alpha value is 0.0500. The fourth-order valence-electron chi connectivity index (χ4n) is 3.20. The first-order chi connectivity index (χ1) is 9.57. The largest absolute Gasteiger partial charge is 0.314 e. The molecule has 0 spiro atoms. The van der Waals surface area contributed by atoms with E-state index >= 15 is 0 Å². The SMILES string of the molecule is O=S(=O)(c1ccc(Br)s1)N1CCC(C2CCCN2)CC1. The van der Waals surface area contributed by atoms with Crippen LogP contribution in [0.15, 0.2) is 20.1 Å². The molecule has 3 heterocycles. The standard InChI is InChI=1S/C13H19BrN2O2S2/c14-12-3-4-13(19-12)20(17,18)16-8-5-10(6-9-16)11-2-1-7-15-11/h3-4,10-11,15H,1-2,5-9H2. The van der Waals surface area contributed by atoms with Crippen LogP contribution < -0.4 is 5.32 Å². The molecule has 2 aliphatic heterocycles. The predicted molar refractivity (Wildman–Crippen MR) is 84.5 cm³/mol. The number of hydrogen-bond acceptors (Lipinski definition) is 4. The van der Waals surface area contributed by atoms with Crippen molar-refractivity contribution in [1.82, 2.24) is 9.62 Å². The molecule has 1 aromatic rings. The molecule has 2 aliphatic rings. The summed E-state index contributed by atoms with van der Waals surface area (Å²) in [6, 6.07) is 4.09. The van der Waals surface area contributed by atoms with Gasteiger partial charge >= 0.3 is 0 Å². The van der Waals surface area contributed by atoms with Gasteiger partial charge in [0.15, 0.2) is 0 Å². The molecule has 0 aromatic carbocycles. The van der Waals surface area contributed by atoms with Crippen molar-refractivity contribution in [1.29, 1.82) is 0 Å². The van der Waals surface area contributed by atoms with Gasteiger partial charge in [-0.1, -0.05) is 0 Å². The van der Waals surface area contributed by atoms with E-state index < -0.39 is 10.0 Å². The van der Waals surface area contributed by atoms with E-state index in [0.717, 1.165) is 23.2 Å². The fourth-order valence-corrected chi connectivity index (χ4v) is 6.83. The zero-order valence-electron chi connectivity index (χ0n) is 11.2. The number of nitrogens with one attached hydrogen (secondary N) is 1. The molecule has 1 unspecified atom stereocenters. The van der Waals surface area contributed by atoms with Gasteiger partial charge in [0.2, 0.25) is 0 Å². The van der Waals surface area contributed by atoms with Gasteiger partial charge < -0.3 is 5.32 Å². The Bertz CT molecular complexity index is 559. The van der Waals surface area contributed by atoms with Crippen LogP contribution >= 0.6 is 27.3 Å². The minimum atomic E-state index is -3.29. The van der Waals surface area contributed by atoms with Gasteiger partial charge in [-0.15, -0.1) is 11.3 Å². The topological polar surface area (TPSA) is 49.4 Å². The Balaban J connectivity index is 1.65. The molecular weight excluding hydrogens is 360 g/mol. The molecule has 1 N–H and O–H groups in total. The number of hydrogen-bond donors (Lipinski definition) is 1. The second-order valence-electron chi connectivity index (χ2n) is 5.50. The van der Waals surface area contributed by atoms with E-state index in [0.29, 0.717) is 29.3 Å². The molecule has 2 fully saturated rings. The maximum atomic E-state index is 12.5. The summed E-state index contributed by atoms with van der Waals surface area (Å²) in [4.78, 5) is 0. The summed E-state index contributed by atoms with van der Waals surface area (Å²) in [5.41, 5.74) is 0. The van der Waals surface area contributed by atoms with E-state index in [1.165, 1.54) is 24.2 Å². The molecule has 2 saturated heterocycles. The summed E-state index contributed by atoms with van der Waals surface area (Å²) in [5, 5.41) is 3.54. The first-order valence-electron chi connectivity index (χ1n) is 7.06. The van der Waals surface area contributed by atoms with E-state index in [4.69, 9.17) is 0 Å². The minimum absolute atomic E-state index is 0.446. The lowest BCUT2D eigenvalue weighted by atomic mass is 9.89. The van der Waals surface area contributed by atoms with Crippen LogP contribution in [-0.4, -0.2) is 38.4 Å². The van der Waals surface area contributed by atoms with Gasteiger partial charge in [0.1, 0.15) is 4.21 Å². The van der Waals surface area contributed by atoms with Crippen LogP contribution in [0.4, 0.5) is 0 Å². The van der Waals surface area contributed by atoms with E-state index in [9.17, 15) is 8.42 Å². The molecule has 0 aliphatic carbocycles. The maximum Gasteiger partial charge on any atom is 0.252 e. The summed E-state index contributed by atoms with van der Waals surface area (Å²) in [5.74, 6) is 0.638. The first-order valence-corrected chi connectivity index (χ1v) is 10.1.